The fourth-order valence-corrected chi connectivity index (χ4v) is 5.43. The van der Waals surface area contributed by atoms with Crippen molar-refractivity contribution in [2.75, 3.05) is 13.1 Å². The Balaban J connectivity index is 1.94. The molecule has 4 rings (SSSR count). The van der Waals surface area contributed by atoms with Crippen molar-refractivity contribution in [1.29, 1.82) is 0 Å². The lowest BCUT2D eigenvalue weighted by Crippen LogP contribution is -2.43. The van der Waals surface area contributed by atoms with Crippen LogP contribution in [0, 0.1) is 0 Å². The van der Waals surface area contributed by atoms with Crippen LogP contribution in [-0.2, 0) is 10.2 Å². The molecule has 1 N–H and O–H groups in total. The first-order valence-electron chi connectivity index (χ1n) is 9.19. The molecule has 1 aliphatic heterocycles. The molecule has 1 atom stereocenters. The van der Waals surface area contributed by atoms with Crippen molar-refractivity contribution in [3.05, 3.63) is 77.6 Å². The normalized spacial score (nSPS) is 16.9. The smallest absolute Gasteiger partial charge is 0.304 e. The molecule has 1 aromatic heterocycles. The largest absolute Gasteiger partial charge is 0.361 e. The third-order valence-electron chi connectivity index (χ3n) is 5.16. The zero-order valence-corrected chi connectivity index (χ0v) is 16.3. The van der Waals surface area contributed by atoms with Crippen LogP contribution in [0.1, 0.15) is 36.6 Å². The molecule has 0 fully saturated rings. The number of rotatable bonds is 5. The summed E-state index contributed by atoms with van der Waals surface area (Å²) in [6.07, 6.45) is 5.50. The van der Waals surface area contributed by atoms with Gasteiger partial charge in [-0.15, -0.1) is 0 Å². The number of fused-ring (bicyclic) bond motifs is 2. The lowest BCUT2D eigenvalue weighted by Gasteiger charge is -2.36. The fraction of sp³-hybridized carbons (Fsp3) is 0.238. The minimum Gasteiger partial charge on any atom is -0.361 e. The van der Waals surface area contributed by atoms with Crippen LogP contribution in [0.25, 0.3) is 17.0 Å². The molecule has 0 saturated heterocycles. The van der Waals surface area contributed by atoms with Gasteiger partial charge < -0.3 is 4.98 Å². The number of H-pyrrole nitrogens is 1. The Morgan fingerprint density at radius 1 is 1.00 bits per heavy atom. The van der Waals surface area contributed by atoms with E-state index in [2.05, 4.69) is 4.98 Å². The molecule has 5 nitrogen and oxygen atoms in total. The Kier molecular flexibility index (Phi) is 4.53. The Morgan fingerprint density at radius 3 is 2.48 bits per heavy atom. The van der Waals surface area contributed by atoms with Crippen LogP contribution >= 0.6 is 0 Å². The highest BCUT2D eigenvalue weighted by atomic mass is 32.2. The van der Waals surface area contributed by atoms with Crippen LogP contribution in [0.15, 0.2) is 60.9 Å². The van der Waals surface area contributed by atoms with E-state index >= 15 is 0 Å². The molecule has 2 aromatic carbocycles. The van der Waals surface area contributed by atoms with Crippen LogP contribution in [0.2, 0.25) is 0 Å². The molecule has 2 heterocycles. The quantitative estimate of drug-likeness (QED) is 0.722. The SMILES string of the molecule is CCN(CC)S(=O)(=O)N1C=Cc2ccccc2C1c1c[nH]c2ccccc12. The van der Waals surface area contributed by atoms with Crippen LogP contribution in [0.5, 0.6) is 0 Å². The third kappa shape index (κ3) is 2.85. The summed E-state index contributed by atoms with van der Waals surface area (Å²) in [7, 11) is -3.64. The molecule has 0 saturated carbocycles. The minimum absolute atomic E-state index is 0.409. The molecule has 140 valence electrons. The van der Waals surface area contributed by atoms with E-state index in [1.807, 2.05) is 74.7 Å². The van der Waals surface area contributed by atoms with Gasteiger partial charge in [-0.25, -0.2) is 0 Å². The molecule has 0 bridgehead atoms. The van der Waals surface area contributed by atoms with E-state index in [-0.39, 0.29) is 0 Å². The van der Waals surface area contributed by atoms with Gasteiger partial charge in [0.2, 0.25) is 0 Å². The number of aromatic nitrogens is 1. The summed E-state index contributed by atoms with van der Waals surface area (Å²) in [5.74, 6) is 0. The lowest BCUT2D eigenvalue weighted by atomic mass is 9.92. The number of hydrogen-bond acceptors (Lipinski definition) is 2. The van der Waals surface area contributed by atoms with Gasteiger partial charge in [-0.3, -0.25) is 4.31 Å². The Bertz CT molecular complexity index is 1100. The predicted octanol–water partition coefficient (Wildman–Crippen LogP) is 4.13. The van der Waals surface area contributed by atoms with Gasteiger partial charge in [-0.05, 0) is 23.3 Å². The van der Waals surface area contributed by atoms with Gasteiger partial charge in [0, 0.05) is 42.0 Å². The summed E-state index contributed by atoms with van der Waals surface area (Å²) in [6.45, 7) is 4.60. The molecule has 6 heteroatoms. The molecule has 3 aromatic rings. The van der Waals surface area contributed by atoms with E-state index in [9.17, 15) is 8.42 Å². The molecular formula is C21H23N3O2S. The average molecular weight is 382 g/mol. The van der Waals surface area contributed by atoms with E-state index in [1.165, 1.54) is 8.61 Å². The predicted molar refractivity (Wildman–Crippen MR) is 109 cm³/mol. The van der Waals surface area contributed by atoms with Crippen molar-refractivity contribution in [2.45, 2.75) is 19.9 Å². The van der Waals surface area contributed by atoms with Crippen molar-refractivity contribution in [2.24, 2.45) is 0 Å². The maximum absolute atomic E-state index is 13.4. The molecule has 27 heavy (non-hydrogen) atoms. The van der Waals surface area contributed by atoms with Crippen molar-refractivity contribution < 1.29 is 8.42 Å². The Labute approximate surface area is 160 Å². The maximum Gasteiger partial charge on any atom is 0.304 e. The monoisotopic (exact) mass is 381 g/mol. The molecule has 0 amide bonds. The van der Waals surface area contributed by atoms with Crippen LogP contribution in [0.3, 0.4) is 0 Å². The zero-order valence-electron chi connectivity index (χ0n) is 15.5. The highest BCUT2D eigenvalue weighted by Gasteiger charge is 2.36. The van der Waals surface area contributed by atoms with Crippen molar-refractivity contribution in [3.8, 4) is 0 Å². The van der Waals surface area contributed by atoms with Crippen LogP contribution in [0.4, 0.5) is 0 Å². The van der Waals surface area contributed by atoms with Gasteiger partial charge in [0.1, 0.15) is 0 Å². The van der Waals surface area contributed by atoms with E-state index in [0.29, 0.717) is 13.1 Å². The van der Waals surface area contributed by atoms with Gasteiger partial charge in [0.25, 0.3) is 0 Å². The van der Waals surface area contributed by atoms with E-state index in [1.54, 1.807) is 6.20 Å². The Morgan fingerprint density at radius 2 is 1.70 bits per heavy atom. The summed E-state index contributed by atoms with van der Waals surface area (Å²) >= 11 is 0. The second-order valence-corrected chi connectivity index (χ2v) is 8.39. The van der Waals surface area contributed by atoms with E-state index in [0.717, 1.165) is 27.6 Å². The number of hydrogen-bond donors (Lipinski definition) is 1. The number of aromatic amines is 1. The summed E-state index contributed by atoms with van der Waals surface area (Å²) in [4.78, 5) is 3.29. The van der Waals surface area contributed by atoms with Gasteiger partial charge >= 0.3 is 10.2 Å². The maximum atomic E-state index is 13.4. The molecular weight excluding hydrogens is 358 g/mol. The van der Waals surface area contributed by atoms with E-state index < -0.39 is 16.3 Å². The highest BCUT2D eigenvalue weighted by Crippen LogP contribution is 2.40. The van der Waals surface area contributed by atoms with Gasteiger partial charge in [-0.2, -0.15) is 12.7 Å². The lowest BCUT2D eigenvalue weighted by molar-refractivity contribution is 0.369. The minimum atomic E-state index is -3.64. The first kappa shape index (κ1) is 17.8. The van der Waals surface area contributed by atoms with Crippen molar-refractivity contribution in [1.82, 2.24) is 13.6 Å². The number of para-hydroxylation sites is 1. The summed E-state index contributed by atoms with van der Waals surface area (Å²) in [5.41, 5.74) is 3.98. The van der Waals surface area contributed by atoms with Crippen molar-refractivity contribution >= 4 is 27.2 Å². The van der Waals surface area contributed by atoms with Gasteiger partial charge in [0.15, 0.2) is 0 Å². The molecule has 1 aliphatic rings. The molecule has 1 unspecified atom stereocenters. The molecule has 0 radical (unpaired) electrons. The van der Waals surface area contributed by atoms with E-state index in [4.69, 9.17) is 0 Å². The highest BCUT2D eigenvalue weighted by molar-refractivity contribution is 7.86. The third-order valence-corrected chi connectivity index (χ3v) is 7.19. The fourth-order valence-electron chi connectivity index (χ4n) is 3.81. The van der Waals surface area contributed by atoms with Gasteiger partial charge in [-0.1, -0.05) is 56.3 Å². The van der Waals surface area contributed by atoms with Crippen LogP contribution < -0.4 is 0 Å². The summed E-state index contributed by atoms with van der Waals surface area (Å²) in [5, 5.41) is 1.03. The van der Waals surface area contributed by atoms with Gasteiger partial charge in [0.05, 0.1) is 6.04 Å². The average Bonchev–Trinajstić information content (AvgIpc) is 3.11. The standard InChI is InChI=1S/C21H23N3O2S/c1-3-23(4-2)27(25,26)24-14-13-16-9-5-6-10-17(16)21(24)19-15-22-20-12-8-7-11-18(19)20/h5-15,21-22H,3-4H2,1-2H3. The number of nitrogens with zero attached hydrogens (tertiary/aromatic N) is 2. The number of benzene rings is 2. The Hall–Kier alpha value is -2.57. The number of nitrogens with one attached hydrogen (secondary N) is 1. The summed E-state index contributed by atoms with van der Waals surface area (Å²) in [6, 6.07) is 15.6. The molecule has 0 spiro atoms. The van der Waals surface area contributed by atoms with Crippen LogP contribution in [-0.4, -0.2) is 35.1 Å². The van der Waals surface area contributed by atoms with Crippen molar-refractivity contribution in [3.63, 3.8) is 0 Å². The second-order valence-electron chi connectivity index (χ2n) is 6.56. The molecule has 0 aliphatic carbocycles. The topological polar surface area (TPSA) is 56.4 Å². The zero-order chi connectivity index (χ0) is 19.0. The first-order chi connectivity index (χ1) is 13.1. The first-order valence-corrected chi connectivity index (χ1v) is 10.6. The second kappa shape index (κ2) is 6.87. The summed E-state index contributed by atoms with van der Waals surface area (Å²) < 4.78 is 29.8.